The third kappa shape index (κ3) is 5.50. The first-order valence-corrected chi connectivity index (χ1v) is 6.80. The van der Waals surface area contributed by atoms with Gasteiger partial charge < -0.3 is 10.6 Å². The number of aromatic nitrogens is 2. The number of piperidine rings is 1. The Balaban J connectivity index is 0.000000217. The van der Waals surface area contributed by atoms with E-state index in [1.165, 1.54) is 38.9 Å². The maximum Gasteiger partial charge on any atom is 0.419 e. The Hall–Kier alpha value is -1.08. The van der Waals surface area contributed by atoms with E-state index in [0.29, 0.717) is 6.07 Å². The van der Waals surface area contributed by atoms with Gasteiger partial charge in [0.15, 0.2) is 5.15 Å². The van der Waals surface area contributed by atoms with Crippen molar-refractivity contribution in [1.29, 1.82) is 0 Å². The molecule has 0 spiro atoms. The molecule has 4 nitrogen and oxygen atoms in total. The highest BCUT2D eigenvalue weighted by atomic mass is 35.5. The summed E-state index contributed by atoms with van der Waals surface area (Å²) in [6.07, 6.45) is -0.237. The molecule has 1 aromatic rings. The van der Waals surface area contributed by atoms with E-state index in [0.717, 1.165) is 0 Å². The van der Waals surface area contributed by atoms with Crippen LogP contribution in [-0.2, 0) is 6.18 Å². The van der Waals surface area contributed by atoms with E-state index < -0.39 is 16.9 Å². The van der Waals surface area contributed by atoms with Crippen molar-refractivity contribution >= 4 is 17.4 Å². The topological polar surface area (TPSA) is 55.0 Å². The van der Waals surface area contributed by atoms with E-state index in [1.54, 1.807) is 0 Å². The molecule has 0 unspecified atom stereocenters. The number of alkyl halides is 3. The molecule has 0 aromatic carbocycles. The molecule has 2 N–H and O–H groups in total. The average Bonchev–Trinajstić information content (AvgIpc) is 2.42. The van der Waals surface area contributed by atoms with E-state index in [4.69, 9.17) is 17.3 Å². The number of hydrogen-bond donors (Lipinski definition) is 1. The average molecular weight is 311 g/mol. The Labute approximate surface area is 121 Å². The van der Waals surface area contributed by atoms with Crippen molar-refractivity contribution in [3.63, 3.8) is 0 Å². The van der Waals surface area contributed by atoms with Crippen molar-refractivity contribution in [1.82, 2.24) is 15.1 Å². The quantitative estimate of drug-likeness (QED) is 0.865. The predicted molar refractivity (Wildman–Crippen MR) is 72.4 cm³/mol. The van der Waals surface area contributed by atoms with Gasteiger partial charge >= 0.3 is 6.18 Å². The zero-order valence-corrected chi connectivity index (χ0v) is 12.0. The molecule has 1 saturated heterocycles. The zero-order valence-electron chi connectivity index (χ0n) is 11.3. The first-order valence-electron chi connectivity index (χ1n) is 6.42. The van der Waals surface area contributed by atoms with Crippen LogP contribution in [-0.4, -0.2) is 34.7 Å². The fraction of sp³-hybridized carbons (Fsp3) is 0.667. The molecule has 0 saturated carbocycles. The van der Waals surface area contributed by atoms with Crippen LogP contribution in [0.3, 0.4) is 0 Å². The fourth-order valence-electron chi connectivity index (χ4n) is 1.87. The zero-order chi connectivity index (χ0) is 15.2. The van der Waals surface area contributed by atoms with Gasteiger partial charge in [-0.2, -0.15) is 13.2 Å². The van der Waals surface area contributed by atoms with Crippen molar-refractivity contribution in [2.45, 2.75) is 32.4 Å². The molecule has 8 heteroatoms. The number of nitrogen functional groups attached to an aromatic ring is 1. The number of anilines is 1. The number of nitrogens with zero attached hydrogens (tertiary/aromatic N) is 3. The number of likely N-dealkylation sites (tertiary alicyclic amines) is 1. The van der Waals surface area contributed by atoms with Gasteiger partial charge in [0.1, 0.15) is 5.82 Å². The van der Waals surface area contributed by atoms with Crippen LogP contribution in [0.25, 0.3) is 0 Å². The molecule has 1 aromatic heterocycles. The second-order valence-corrected chi connectivity index (χ2v) is 4.82. The highest BCUT2D eigenvalue weighted by Crippen LogP contribution is 2.33. The number of hydrogen-bond acceptors (Lipinski definition) is 4. The molecule has 0 bridgehead atoms. The van der Waals surface area contributed by atoms with E-state index in [2.05, 4.69) is 22.0 Å². The summed E-state index contributed by atoms with van der Waals surface area (Å²) in [7, 11) is 0. The summed E-state index contributed by atoms with van der Waals surface area (Å²) < 4.78 is 36.1. The maximum absolute atomic E-state index is 12.0. The molecule has 1 aliphatic heterocycles. The molecule has 114 valence electrons. The van der Waals surface area contributed by atoms with Crippen LogP contribution in [0.5, 0.6) is 0 Å². The SMILES string of the molecule is CCN1CCCCC1.Nc1cc(C(F)(F)F)c(Cl)nn1. The minimum Gasteiger partial charge on any atom is -0.382 e. The Kier molecular flexibility index (Phi) is 6.48. The van der Waals surface area contributed by atoms with Gasteiger partial charge in [-0.05, 0) is 38.5 Å². The summed E-state index contributed by atoms with van der Waals surface area (Å²) in [4.78, 5) is 2.52. The minimum absolute atomic E-state index is 0.313. The fourth-order valence-corrected chi connectivity index (χ4v) is 2.07. The first kappa shape index (κ1) is 17.0. The highest BCUT2D eigenvalue weighted by molar-refractivity contribution is 6.30. The smallest absolute Gasteiger partial charge is 0.382 e. The van der Waals surface area contributed by atoms with Crippen LogP contribution in [0.2, 0.25) is 5.15 Å². The van der Waals surface area contributed by atoms with Crippen LogP contribution in [0.1, 0.15) is 31.7 Å². The van der Waals surface area contributed by atoms with Crippen molar-refractivity contribution in [2.24, 2.45) is 0 Å². The molecule has 2 heterocycles. The Morgan fingerprint density at radius 1 is 1.25 bits per heavy atom. The first-order chi connectivity index (χ1) is 9.34. The lowest BCUT2D eigenvalue weighted by Crippen LogP contribution is -2.29. The van der Waals surface area contributed by atoms with Gasteiger partial charge in [0.2, 0.25) is 0 Å². The Bertz CT molecular complexity index is 420. The van der Waals surface area contributed by atoms with Crippen LogP contribution in [0, 0.1) is 0 Å². The molecular weight excluding hydrogens is 293 g/mol. The lowest BCUT2D eigenvalue weighted by atomic mass is 10.1. The standard InChI is InChI=1S/C7H15N.C5H3ClF3N3/c1-2-8-6-4-3-5-7-8;6-4-2(5(7,8)9)1-3(10)11-12-4/h2-7H2,1H3;1H,(H2,10,11). The highest BCUT2D eigenvalue weighted by Gasteiger charge is 2.34. The van der Waals surface area contributed by atoms with E-state index in [9.17, 15) is 13.2 Å². The van der Waals surface area contributed by atoms with E-state index >= 15 is 0 Å². The molecule has 0 radical (unpaired) electrons. The number of nitrogens with two attached hydrogens (primary N) is 1. The van der Waals surface area contributed by atoms with Gasteiger partial charge in [-0.3, -0.25) is 0 Å². The van der Waals surface area contributed by atoms with Crippen LogP contribution < -0.4 is 5.73 Å². The molecule has 2 rings (SSSR count). The summed E-state index contributed by atoms with van der Waals surface area (Å²) in [5.41, 5.74) is 3.92. The van der Waals surface area contributed by atoms with Gasteiger partial charge in [0.05, 0.1) is 5.56 Å². The van der Waals surface area contributed by atoms with E-state index in [1.807, 2.05) is 0 Å². The Morgan fingerprint density at radius 3 is 2.25 bits per heavy atom. The summed E-state index contributed by atoms with van der Waals surface area (Å²) in [5.74, 6) is -0.313. The molecular formula is C12H18ClF3N4. The minimum atomic E-state index is -4.54. The molecule has 0 amide bonds. The largest absolute Gasteiger partial charge is 0.419 e. The predicted octanol–water partition coefficient (Wildman–Crippen LogP) is 3.22. The van der Waals surface area contributed by atoms with Crippen LogP contribution >= 0.6 is 11.6 Å². The monoisotopic (exact) mass is 310 g/mol. The lowest BCUT2D eigenvalue weighted by Gasteiger charge is -2.24. The summed E-state index contributed by atoms with van der Waals surface area (Å²) in [5, 5.41) is 5.47. The van der Waals surface area contributed by atoms with Crippen molar-refractivity contribution in [3.05, 3.63) is 16.8 Å². The summed E-state index contributed by atoms with van der Waals surface area (Å²) in [6.45, 7) is 6.18. The Morgan fingerprint density at radius 2 is 1.85 bits per heavy atom. The lowest BCUT2D eigenvalue weighted by molar-refractivity contribution is -0.137. The molecule has 0 atom stereocenters. The maximum atomic E-state index is 12.0. The van der Waals surface area contributed by atoms with Gasteiger partial charge in [0.25, 0.3) is 0 Å². The molecule has 20 heavy (non-hydrogen) atoms. The summed E-state index contributed by atoms with van der Waals surface area (Å²) >= 11 is 5.13. The van der Waals surface area contributed by atoms with Crippen LogP contribution in [0.15, 0.2) is 6.07 Å². The van der Waals surface area contributed by atoms with Gasteiger partial charge in [-0.15, -0.1) is 10.2 Å². The van der Waals surface area contributed by atoms with Crippen molar-refractivity contribution in [3.8, 4) is 0 Å². The van der Waals surface area contributed by atoms with Gasteiger partial charge in [0, 0.05) is 0 Å². The number of rotatable bonds is 1. The van der Waals surface area contributed by atoms with E-state index in [-0.39, 0.29) is 5.82 Å². The van der Waals surface area contributed by atoms with Crippen LogP contribution in [0.4, 0.5) is 19.0 Å². The second-order valence-electron chi connectivity index (χ2n) is 4.47. The molecule has 1 fully saturated rings. The van der Waals surface area contributed by atoms with Gasteiger partial charge in [-0.25, -0.2) is 0 Å². The van der Waals surface area contributed by atoms with Gasteiger partial charge in [-0.1, -0.05) is 24.9 Å². The third-order valence-electron chi connectivity index (χ3n) is 2.97. The van der Waals surface area contributed by atoms with Crippen molar-refractivity contribution in [2.75, 3.05) is 25.4 Å². The molecule has 1 aliphatic rings. The summed E-state index contributed by atoms with van der Waals surface area (Å²) in [6, 6.07) is 0.634. The van der Waals surface area contributed by atoms with Crippen molar-refractivity contribution < 1.29 is 13.2 Å². The second kappa shape index (κ2) is 7.64. The third-order valence-corrected chi connectivity index (χ3v) is 3.25. The molecule has 0 aliphatic carbocycles. The number of halogens is 4. The normalized spacial score (nSPS) is 16.4.